The van der Waals surface area contributed by atoms with Gasteiger partial charge in [-0.05, 0) is 44.5 Å². The lowest BCUT2D eigenvalue weighted by Crippen LogP contribution is -2.34. The molecule has 0 heterocycles. The van der Waals surface area contributed by atoms with Crippen LogP contribution in [-0.4, -0.2) is 37.7 Å². The van der Waals surface area contributed by atoms with Crippen molar-refractivity contribution in [3.8, 4) is 0 Å². The third-order valence-electron chi connectivity index (χ3n) is 2.70. The molecule has 0 fully saturated rings. The lowest BCUT2D eigenvalue weighted by atomic mass is 10.1. The van der Waals surface area contributed by atoms with E-state index in [1.165, 1.54) is 0 Å². The van der Waals surface area contributed by atoms with E-state index in [4.69, 9.17) is 10.5 Å². The highest BCUT2D eigenvalue weighted by molar-refractivity contribution is 5.69. The number of rotatable bonds is 3. The molecule has 0 aliphatic heterocycles. The molecule has 0 aliphatic carbocycles. The van der Waals surface area contributed by atoms with Crippen LogP contribution in [0.3, 0.4) is 0 Å². The Labute approximate surface area is 121 Å². The van der Waals surface area contributed by atoms with Gasteiger partial charge in [0.05, 0.1) is 6.54 Å². The molecule has 0 unspecified atom stereocenters. The number of hydrogen-bond acceptors (Lipinski definition) is 4. The fourth-order valence-electron chi connectivity index (χ4n) is 1.83. The van der Waals surface area contributed by atoms with E-state index in [1.54, 1.807) is 11.9 Å². The first kappa shape index (κ1) is 16.1. The molecule has 0 saturated heterocycles. The first-order valence-electron chi connectivity index (χ1n) is 6.60. The lowest BCUT2D eigenvalue weighted by molar-refractivity contribution is 0.0285. The fraction of sp³-hybridized carbons (Fsp3) is 0.533. The van der Waals surface area contributed by atoms with Crippen LogP contribution >= 0.6 is 0 Å². The van der Waals surface area contributed by atoms with Crippen molar-refractivity contribution in [3.63, 3.8) is 0 Å². The van der Waals surface area contributed by atoms with Crippen LogP contribution in [-0.2, 0) is 11.3 Å². The van der Waals surface area contributed by atoms with Crippen molar-refractivity contribution >= 4 is 17.5 Å². The molecule has 112 valence electrons. The van der Waals surface area contributed by atoms with Crippen molar-refractivity contribution in [1.29, 1.82) is 0 Å². The number of benzene rings is 1. The van der Waals surface area contributed by atoms with E-state index in [0.717, 1.165) is 11.3 Å². The minimum Gasteiger partial charge on any atom is -0.444 e. The number of anilines is 2. The molecule has 1 aromatic rings. The third kappa shape index (κ3) is 4.64. The van der Waals surface area contributed by atoms with E-state index in [2.05, 4.69) is 0 Å². The van der Waals surface area contributed by atoms with Crippen LogP contribution in [0.5, 0.6) is 0 Å². The molecule has 0 atom stereocenters. The Morgan fingerprint density at radius 1 is 1.25 bits per heavy atom. The van der Waals surface area contributed by atoms with Crippen molar-refractivity contribution in [3.05, 3.63) is 23.8 Å². The maximum atomic E-state index is 12.0. The van der Waals surface area contributed by atoms with Crippen LogP contribution in [0.25, 0.3) is 0 Å². The van der Waals surface area contributed by atoms with Gasteiger partial charge in [0.15, 0.2) is 0 Å². The van der Waals surface area contributed by atoms with Crippen molar-refractivity contribution < 1.29 is 9.53 Å². The number of nitrogens with zero attached hydrogens (tertiary/aromatic N) is 2. The molecule has 5 nitrogen and oxygen atoms in total. The van der Waals surface area contributed by atoms with Gasteiger partial charge in [-0.1, -0.05) is 0 Å². The zero-order chi connectivity index (χ0) is 15.5. The molecule has 1 amide bonds. The van der Waals surface area contributed by atoms with E-state index in [-0.39, 0.29) is 6.09 Å². The minimum atomic E-state index is -0.495. The Kier molecular flexibility index (Phi) is 4.87. The highest BCUT2D eigenvalue weighted by Crippen LogP contribution is 2.23. The fourth-order valence-corrected chi connectivity index (χ4v) is 1.83. The predicted molar refractivity (Wildman–Crippen MR) is 82.9 cm³/mol. The number of carbonyl (C=O) groups is 1. The van der Waals surface area contributed by atoms with Crippen molar-refractivity contribution in [2.45, 2.75) is 32.9 Å². The van der Waals surface area contributed by atoms with E-state index in [1.807, 2.05) is 58.0 Å². The van der Waals surface area contributed by atoms with Gasteiger partial charge in [-0.3, -0.25) is 0 Å². The summed E-state index contributed by atoms with van der Waals surface area (Å²) in [5.74, 6) is 0. The SMILES string of the molecule is CN(Cc1cc(N)ccc1N(C)C)C(=O)OC(C)(C)C. The second-order valence-corrected chi connectivity index (χ2v) is 6.12. The van der Waals surface area contributed by atoms with Gasteiger partial charge in [-0.2, -0.15) is 0 Å². The highest BCUT2D eigenvalue weighted by atomic mass is 16.6. The number of ether oxygens (including phenoxy) is 1. The molecular formula is C15H25N3O2. The normalized spacial score (nSPS) is 11.1. The monoisotopic (exact) mass is 279 g/mol. The van der Waals surface area contributed by atoms with Gasteiger partial charge in [0.25, 0.3) is 0 Å². The first-order valence-corrected chi connectivity index (χ1v) is 6.60. The summed E-state index contributed by atoms with van der Waals surface area (Å²) in [4.78, 5) is 15.5. The summed E-state index contributed by atoms with van der Waals surface area (Å²) in [6.45, 7) is 6.01. The Hall–Kier alpha value is -1.91. The van der Waals surface area contributed by atoms with Gasteiger partial charge in [0.1, 0.15) is 5.60 Å². The van der Waals surface area contributed by atoms with Crippen molar-refractivity contribution in [2.75, 3.05) is 31.8 Å². The number of hydrogen-bond donors (Lipinski definition) is 1. The molecule has 0 radical (unpaired) electrons. The molecule has 0 bridgehead atoms. The molecule has 1 aromatic carbocycles. The van der Waals surface area contributed by atoms with Crippen LogP contribution in [0.15, 0.2) is 18.2 Å². The van der Waals surface area contributed by atoms with Crippen molar-refractivity contribution in [1.82, 2.24) is 4.90 Å². The minimum absolute atomic E-state index is 0.343. The number of nitrogen functional groups attached to an aromatic ring is 1. The molecule has 0 aromatic heterocycles. The summed E-state index contributed by atoms with van der Waals surface area (Å²) in [5.41, 5.74) is 8.04. The molecule has 5 heteroatoms. The topological polar surface area (TPSA) is 58.8 Å². The van der Waals surface area contributed by atoms with Gasteiger partial charge in [0, 0.05) is 32.5 Å². The lowest BCUT2D eigenvalue weighted by Gasteiger charge is -2.26. The average Bonchev–Trinajstić information content (AvgIpc) is 2.26. The van der Waals surface area contributed by atoms with E-state index in [9.17, 15) is 4.79 Å². The number of amides is 1. The number of nitrogens with two attached hydrogens (primary N) is 1. The maximum Gasteiger partial charge on any atom is 0.410 e. The van der Waals surface area contributed by atoms with Crippen molar-refractivity contribution in [2.24, 2.45) is 0 Å². The quantitative estimate of drug-likeness (QED) is 0.864. The zero-order valence-electron chi connectivity index (χ0n) is 13.2. The van der Waals surface area contributed by atoms with Crippen LogP contribution in [0.4, 0.5) is 16.2 Å². The third-order valence-corrected chi connectivity index (χ3v) is 2.70. The Morgan fingerprint density at radius 2 is 1.85 bits per heavy atom. The van der Waals surface area contributed by atoms with E-state index in [0.29, 0.717) is 12.2 Å². The standard InChI is InChI=1S/C15H25N3O2/c1-15(2,3)20-14(19)18(6)10-11-9-12(16)7-8-13(11)17(4)5/h7-9H,10,16H2,1-6H3. The average molecular weight is 279 g/mol. The van der Waals surface area contributed by atoms with Gasteiger partial charge in [-0.15, -0.1) is 0 Å². The van der Waals surface area contributed by atoms with Gasteiger partial charge >= 0.3 is 6.09 Å². The largest absolute Gasteiger partial charge is 0.444 e. The molecular weight excluding hydrogens is 254 g/mol. The summed E-state index contributed by atoms with van der Waals surface area (Å²) in [7, 11) is 5.64. The van der Waals surface area contributed by atoms with Gasteiger partial charge in [-0.25, -0.2) is 4.79 Å². The molecule has 1 rings (SSSR count). The summed E-state index contributed by atoms with van der Waals surface area (Å²) in [5, 5.41) is 0. The molecule has 0 saturated carbocycles. The Morgan fingerprint density at radius 3 is 2.35 bits per heavy atom. The van der Waals surface area contributed by atoms with Crippen LogP contribution in [0.2, 0.25) is 0 Å². The predicted octanol–water partition coefficient (Wildman–Crippen LogP) is 2.70. The summed E-state index contributed by atoms with van der Waals surface area (Å²) >= 11 is 0. The highest BCUT2D eigenvalue weighted by Gasteiger charge is 2.20. The first-order chi connectivity index (χ1) is 9.10. The number of carbonyl (C=O) groups excluding carboxylic acids is 1. The second-order valence-electron chi connectivity index (χ2n) is 6.12. The van der Waals surface area contributed by atoms with E-state index < -0.39 is 5.60 Å². The Balaban J connectivity index is 2.87. The maximum absolute atomic E-state index is 12.0. The molecule has 0 spiro atoms. The molecule has 20 heavy (non-hydrogen) atoms. The summed E-state index contributed by atoms with van der Waals surface area (Å²) in [6, 6.07) is 5.69. The zero-order valence-corrected chi connectivity index (χ0v) is 13.2. The van der Waals surface area contributed by atoms with Gasteiger partial charge < -0.3 is 20.3 Å². The van der Waals surface area contributed by atoms with E-state index >= 15 is 0 Å². The van der Waals surface area contributed by atoms with Gasteiger partial charge in [0.2, 0.25) is 0 Å². The smallest absolute Gasteiger partial charge is 0.410 e. The van der Waals surface area contributed by atoms with Crippen LogP contribution in [0, 0.1) is 0 Å². The summed E-state index contributed by atoms with van der Waals surface area (Å²) in [6.07, 6.45) is -0.343. The summed E-state index contributed by atoms with van der Waals surface area (Å²) < 4.78 is 5.34. The van der Waals surface area contributed by atoms with Crippen LogP contribution in [0.1, 0.15) is 26.3 Å². The molecule has 2 N–H and O–H groups in total. The molecule has 0 aliphatic rings. The van der Waals surface area contributed by atoms with Crippen LogP contribution < -0.4 is 10.6 Å². The second kappa shape index (κ2) is 6.03. The Bertz CT molecular complexity index is 478.